The summed E-state index contributed by atoms with van der Waals surface area (Å²) in [7, 11) is 1.53. The average Bonchev–Trinajstić information content (AvgIpc) is 2.66. The van der Waals surface area contributed by atoms with Crippen LogP contribution in [0.15, 0.2) is 42.5 Å². The number of hydrogen-bond donors (Lipinski definition) is 1. The molecule has 28 heavy (non-hydrogen) atoms. The molecule has 0 aliphatic carbocycles. The molecule has 2 aromatic rings. The Morgan fingerprint density at radius 2 is 1.82 bits per heavy atom. The fourth-order valence-electron chi connectivity index (χ4n) is 1.98. The van der Waals surface area contributed by atoms with E-state index >= 15 is 0 Å². The van der Waals surface area contributed by atoms with Gasteiger partial charge in [-0.15, -0.1) is 0 Å². The van der Waals surface area contributed by atoms with Gasteiger partial charge >= 0.3 is 6.09 Å². The molecule has 0 heterocycles. The summed E-state index contributed by atoms with van der Waals surface area (Å²) in [5, 5.41) is 1.99. The summed E-state index contributed by atoms with van der Waals surface area (Å²) in [4.78, 5) is 12.0. The highest BCUT2D eigenvalue weighted by Crippen LogP contribution is 2.29. The summed E-state index contributed by atoms with van der Waals surface area (Å²) in [6.45, 7) is 2.32. The molecule has 7 heteroatoms. The van der Waals surface area contributed by atoms with Crippen molar-refractivity contribution in [3.63, 3.8) is 0 Å². The number of amides is 1. The lowest BCUT2D eigenvalue weighted by molar-refractivity contribution is 0.0510. The van der Waals surface area contributed by atoms with Crippen LogP contribution in [-0.2, 0) is 15.8 Å². The van der Waals surface area contributed by atoms with Crippen molar-refractivity contribution in [1.29, 1.82) is 0 Å². The highest BCUT2D eigenvalue weighted by molar-refractivity contribution is 14.1. The molecule has 6 nitrogen and oxygen atoms in total. The minimum Gasteiger partial charge on any atom is -0.468 e. The van der Waals surface area contributed by atoms with Crippen molar-refractivity contribution in [2.45, 2.75) is 32.7 Å². The first-order valence-electron chi connectivity index (χ1n) is 10.5. The molecule has 0 saturated heterocycles. The van der Waals surface area contributed by atoms with Gasteiger partial charge in [0.1, 0.15) is 22.8 Å². The van der Waals surface area contributed by atoms with Crippen molar-refractivity contribution in [2.75, 3.05) is 20.4 Å². The van der Waals surface area contributed by atoms with Gasteiger partial charge in [-0.25, -0.2) is 4.79 Å². The molecule has 0 unspecified atom stereocenters. The van der Waals surface area contributed by atoms with E-state index in [1.165, 1.54) is 19.2 Å². The van der Waals surface area contributed by atoms with Gasteiger partial charge in [-0.3, -0.25) is 0 Å². The van der Waals surface area contributed by atoms with Gasteiger partial charge in [-0.05, 0) is 91.7 Å². The van der Waals surface area contributed by atoms with E-state index in [-0.39, 0.29) is 12.4 Å². The SMILES string of the molecule is [2H]C([2H])(NC(=O)OC(C)(C)C)C([2H])([2H])c1ccc(Oc2ccc(OCOC)cc2)c(I)c1. The average molecular weight is 503 g/mol. The Hall–Kier alpha value is -2.00. The van der Waals surface area contributed by atoms with Gasteiger partial charge in [0.2, 0.25) is 0 Å². The lowest BCUT2D eigenvalue weighted by Gasteiger charge is -2.19. The zero-order valence-electron chi connectivity index (χ0n) is 20.2. The second-order valence-corrected chi connectivity index (χ2v) is 7.81. The van der Waals surface area contributed by atoms with E-state index in [0.29, 0.717) is 20.8 Å². The van der Waals surface area contributed by atoms with E-state index in [1.54, 1.807) is 51.1 Å². The van der Waals surface area contributed by atoms with Crippen LogP contribution in [0.2, 0.25) is 0 Å². The Kier molecular flexibility index (Phi) is 6.35. The van der Waals surface area contributed by atoms with Crippen LogP contribution in [0.25, 0.3) is 0 Å². The third-order valence-electron chi connectivity index (χ3n) is 3.10. The molecule has 0 spiro atoms. The van der Waals surface area contributed by atoms with Crippen LogP contribution >= 0.6 is 22.6 Å². The van der Waals surface area contributed by atoms with E-state index in [0.717, 1.165) is 0 Å². The Morgan fingerprint density at radius 1 is 1.14 bits per heavy atom. The lowest BCUT2D eigenvalue weighted by Crippen LogP contribution is -2.33. The van der Waals surface area contributed by atoms with Crippen molar-refractivity contribution >= 4 is 28.7 Å². The number of carbonyl (C=O) groups excluding carboxylic acids is 1. The number of halogens is 1. The molecule has 0 saturated carbocycles. The molecular weight excluding hydrogens is 473 g/mol. The highest BCUT2D eigenvalue weighted by atomic mass is 127. The van der Waals surface area contributed by atoms with Gasteiger partial charge in [0.15, 0.2) is 6.79 Å². The quantitative estimate of drug-likeness (QED) is 0.400. The third kappa shape index (κ3) is 7.93. The van der Waals surface area contributed by atoms with Crippen molar-refractivity contribution in [2.24, 2.45) is 0 Å². The van der Waals surface area contributed by atoms with Crippen LogP contribution in [0.1, 0.15) is 31.8 Å². The maximum absolute atomic E-state index is 12.0. The van der Waals surface area contributed by atoms with Crippen LogP contribution in [-0.4, -0.2) is 32.1 Å². The minimum absolute atomic E-state index is 0.0404. The minimum atomic E-state index is -2.72. The summed E-state index contributed by atoms with van der Waals surface area (Å²) < 4.78 is 54.5. The maximum Gasteiger partial charge on any atom is 0.407 e. The molecular formula is C21H26INO5. The van der Waals surface area contributed by atoms with E-state index in [1.807, 2.05) is 27.9 Å². The van der Waals surface area contributed by atoms with Crippen LogP contribution in [0, 0.1) is 3.57 Å². The summed E-state index contributed by atoms with van der Waals surface area (Å²) in [6.07, 6.45) is -3.58. The Morgan fingerprint density at radius 3 is 2.43 bits per heavy atom. The molecule has 0 aromatic heterocycles. The number of benzene rings is 2. The zero-order chi connectivity index (χ0) is 24.2. The first kappa shape index (κ1) is 16.9. The smallest absolute Gasteiger partial charge is 0.407 e. The fourth-order valence-corrected chi connectivity index (χ4v) is 2.60. The second-order valence-electron chi connectivity index (χ2n) is 6.65. The molecule has 0 aliphatic rings. The summed E-state index contributed by atoms with van der Waals surface area (Å²) in [6, 6.07) is 11.3. The Labute approximate surface area is 185 Å². The number of alkyl carbamates (subject to hydrolysis) is 1. The predicted molar refractivity (Wildman–Crippen MR) is 116 cm³/mol. The highest BCUT2D eigenvalue weighted by Gasteiger charge is 2.15. The molecule has 0 bridgehead atoms. The Bertz CT molecular complexity index is 933. The summed E-state index contributed by atoms with van der Waals surface area (Å²) >= 11 is 1.98. The van der Waals surface area contributed by atoms with E-state index in [2.05, 4.69) is 0 Å². The van der Waals surface area contributed by atoms with E-state index in [9.17, 15) is 4.79 Å². The first-order chi connectivity index (χ1) is 14.7. The van der Waals surface area contributed by atoms with Gasteiger partial charge in [0, 0.05) is 19.1 Å². The fraction of sp³-hybridized carbons (Fsp3) is 0.381. The zero-order valence-corrected chi connectivity index (χ0v) is 18.3. The molecule has 0 aliphatic heterocycles. The summed E-state index contributed by atoms with van der Waals surface area (Å²) in [5.41, 5.74) is -0.798. The first-order valence-corrected chi connectivity index (χ1v) is 9.54. The molecule has 1 N–H and O–H groups in total. The predicted octanol–water partition coefficient (Wildman–Crippen LogP) is 5.13. The molecule has 0 atom stereocenters. The number of ether oxygens (including phenoxy) is 4. The molecule has 1 amide bonds. The third-order valence-corrected chi connectivity index (χ3v) is 3.94. The van der Waals surface area contributed by atoms with Crippen LogP contribution < -0.4 is 14.8 Å². The number of nitrogens with one attached hydrogen (secondary N) is 1. The molecule has 0 radical (unpaired) electrons. The second kappa shape index (κ2) is 10.5. The van der Waals surface area contributed by atoms with Gasteiger partial charge < -0.3 is 24.3 Å². The van der Waals surface area contributed by atoms with Crippen LogP contribution in [0.3, 0.4) is 0 Å². The van der Waals surface area contributed by atoms with Crippen molar-refractivity contribution < 1.29 is 29.2 Å². The van der Waals surface area contributed by atoms with Gasteiger partial charge in [-0.1, -0.05) is 6.07 Å². The standard InChI is InChI=1S/C21H26INO5/c1-21(2,3)28-20(24)23-12-11-15-5-10-19(18(22)13-15)27-17-8-6-16(7-9-17)26-14-25-4/h5-10,13H,11-12,14H2,1-4H3,(H,23,24)/i11D2,12D2. The molecule has 0 fully saturated rings. The van der Waals surface area contributed by atoms with Crippen LogP contribution in [0.4, 0.5) is 4.79 Å². The van der Waals surface area contributed by atoms with Gasteiger partial charge in [-0.2, -0.15) is 0 Å². The van der Waals surface area contributed by atoms with E-state index < -0.39 is 24.6 Å². The normalized spacial score (nSPS) is 14.2. The maximum atomic E-state index is 12.0. The molecule has 2 rings (SSSR count). The number of methoxy groups -OCH3 is 1. The monoisotopic (exact) mass is 503 g/mol. The number of rotatable bonds is 8. The number of carbonyl (C=O) groups is 1. The van der Waals surface area contributed by atoms with Crippen molar-refractivity contribution in [3.8, 4) is 17.2 Å². The summed E-state index contributed by atoms with van der Waals surface area (Å²) in [5.74, 6) is 1.64. The lowest BCUT2D eigenvalue weighted by atomic mass is 10.1. The largest absolute Gasteiger partial charge is 0.468 e. The van der Waals surface area contributed by atoms with Gasteiger partial charge in [0.05, 0.1) is 3.57 Å². The van der Waals surface area contributed by atoms with E-state index in [4.69, 9.17) is 24.4 Å². The number of aryl methyl sites for hydroxylation is 1. The topological polar surface area (TPSA) is 66.0 Å². The van der Waals surface area contributed by atoms with Crippen LogP contribution in [0.5, 0.6) is 17.2 Å². The van der Waals surface area contributed by atoms with Crippen molar-refractivity contribution in [1.82, 2.24) is 5.32 Å². The van der Waals surface area contributed by atoms with Gasteiger partial charge in [0.25, 0.3) is 0 Å². The Balaban J connectivity index is 2.16. The van der Waals surface area contributed by atoms with Crippen molar-refractivity contribution in [3.05, 3.63) is 51.6 Å². The molecule has 2 aromatic carbocycles. The number of hydrogen-bond acceptors (Lipinski definition) is 5. The molecule has 152 valence electrons.